The molecule has 25 heavy (non-hydrogen) atoms. The first kappa shape index (κ1) is 17.5. The number of rotatable bonds is 4. The minimum atomic E-state index is -0.447. The van der Waals surface area contributed by atoms with Crippen LogP contribution in [0.3, 0.4) is 0 Å². The van der Waals surface area contributed by atoms with Gasteiger partial charge in [-0.1, -0.05) is 37.3 Å². The van der Waals surface area contributed by atoms with Crippen LogP contribution in [0, 0.1) is 17.6 Å². The topological polar surface area (TPSA) is 29.5 Å². The van der Waals surface area contributed by atoms with Crippen LogP contribution >= 0.6 is 0 Å². The van der Waals surface area contributed by atoms with E-state index >= 15 is 0 Å². The second-order valence-electron chi connectivity index (χ2n) is 6.40. The summed E-state index contributed by atoms with van der Waals surface area (Å²) < 4.78 is 32.6. The van der Waals surface area contributed by atoms with Crippen molar-refractivity contribution in [3.05, 3.63) is 71.3 Å². The maximum absolute atomic E-state index is 14.0. The highest BCUT2D eigenvalue weighted by Crippen LogP contribution is 2.25. The van der Waals surface area contributed by atoms with Gasteiger partial charge in [0.05, 0.1) is 13.2 Å². The summed E-state index contributed by atoms with van der Waals surface area (Å²) in [5.74, 6) is -0.830. The van der Waals surface area contributed by atoms with Gasteiger partial charge in [-0.2, -0.15) is 0 Å². The van der Waals surface area contributed by atoms with Crippen molar-refractivity contribution in [3.8, 4) is 0 Å². The quantitative estimate of drug-likeness (QED) is 0.845. The van der Waals surface area contributed by atoms with Gasteiger partial charge >= 0.3 is 0 Å². The van der Waals surface area contributed by atoms with Crippen molar-refractivity contribution in [1.29, 1.82) is 0 Å². The number of hydrogen-bond donors (Lipinski definition) is 0. The Bertz CT molecular complexity index is 733. The number of carbonyl (C=O) groups is 1. The average Bonchev–Trinajstić information content (AvgIpc) is 2.63. The van der Waals surface area contributed by atoms with Crippen molar-refractivity contribution in [2.45, 2.75) is 19.4 Å². The number of amides is 1. The molecule has 1 aliphatic rings. The first-order valence-electron chi connectivity index (χ1n) is 8.44. The van der Waals surface area contributed by atoms with Crippen LogP contribution in [0.5, 0.6) is 0 Å². The molecule has 0 N–H and O–H groups in total. The Balaban J connectivity index is 1.65. The van der Waals surface area contributed by atoms with E-state index in [1.54, 1.807) is 35.2 Å². The minimum Gasteiger partial charge on any atom is -0.370 e. The minimum absolute atomic E-state index is 0.00830. The lowest BCUT2D eigenvalue weighted by atomic mass is 9.99. The molecule has 0 spiro atoms. The predicted molar refractivity (Wildman–Crippen MR) is 90.9 cm³/mol. The molecule has 3 nitrogen and oxygen atoms in total. The van der Waals surface area contributed by atoms with E-state index in [0.717, 1.165) is 5.56 Å². The van der Waals surface area contributed by atoms with E-state index < -0.39 is 6.10 Å². The van der Waals surface area contributed by atoms with Crippen molar-refractivity contribution in [3.63, 3.8) is 0 Å². The molecule has 1 heterocycles. The number of carbonyl (C=O) groups excluding carboxylic acids is 1. The second kappa shape index (κ2) is 7.74. The van der Waals surface area contributed by atoms with Crippen molar-refractivity contribution < 1.29 is 18.3 Å². The summed E-state index contributed by atoms with van der Waals surface area (Å²) in [7, 11) is 0. The Morgan fingerprint density at radius 3 is 2.64 bits per heavy atom. The zero-order valence-electron chi connectivity index (χ0n) is 14.1. The lowest BCUT2D eigenvalue weighted by Gasteiger charge is -2.34. The zero-order valence-corrected chi connectivity index (χ0v) is 14.1. The first-order valence-corrected chi connectivity index (χ1v) is 8.44. The molecule has 0 aromatic heterocycles. The van der Waals surface area contributed by atoms with E-state index in [4.69, 9.17) is 4.74 Å². The Kier molecular flexibility index (Phi) is 5.43. The lowest BCUT2D eigenvalue weighted by molar-refractivity contribution is -0.142. The third kappa shape index (κ3) is 4.23. The highest BCUT2D eigenvalue weighted by Gasteiger charge is 2.29. The molecule has 1 amide bonds. The first-order chi connectivity index (χ1) is 12.0. The molecule has 3 rings (SSSR count). The fraction of sp³-hybridized carbons (Fsp3) is 0.350. The average molecular weight is 345 g/mol. The van der Waals surface area contributed by atoms with E-state index in [1.165, 1.54) is 18.2 Å². The van der Waals surface area contributed by atoms with Gasteiger partial charge < -0.3 is 9.64 Å². The van der Waals surface area contributed by atoms with Crippen molar-refractivity contribution in [2.24, 2.45) is 5.92 Å². The number of halogens is 2. The highest BCUT2D eigenvalue weighted by atomic mass is 19.1. The number of morpholine rings is 1. The van der Waals surface area contributed by atoms with Gasteiger partial charge in [0.15, 0.2) is 0 Å². The SMILES string of the molecule is CC(Cc1ccc(F)cc1)C(=O)N1CCOC(c2ccccc2F)C1. The van der Waals surface area contributed by atoms with Crippen LogP contribution in [0.1, 0.15) is 24.2 Å². The molecule has 2 aromatic rings. The van der Waals surface area contributed by atoms with Gasteiger partial charge in [0, 0.05) is 18.0 Å². The molecule has 5 heteroatoms. The third-order valence-electron chi connectivity index (χ3n) is 4.51. The molecule has 0 saturated carbocycles. The van der Waals surface area contributed by atoms with Crippen molar-refractivity contribution in [2.75, 3.05) is 19.7 Å². The van der Waals surface area contributed by atoms with Crippen molar-refractivity contribution in [1.82, 2.24) is 4.90 Å². The molecular formula is C20H21F2NO2. The van der Waals surface area contributed by atoms with Gasteiger partial charge in [0.2, 0.25) is 5.91 Å². The third-order valence-corrected chi connectivity index (χ3v) is 4.51. The van der Waals surface area contributed by atoms with Gasteiger partial charge in [-0.15, -0.1) is 0 Å². The Morgan fingerprint density at radius 2 is 1.92 bits per heavy atom. The standard InChI is InChI=1S/C20H21F2NO2/c1-14(12-15-6-8-16(21)9-7-15)20(24)23-10-11-25-19(13-23)17-4-2-3-5-18(17)22/h2-9,14,19H,10-13H2,1H3. The number of ether oxygens (including phenoxy) is 1. The molecule has 1 saturated heterocycles. The van der Waals surface area contributed by atoms with E-state index in [2.05, 4.69) is 0 Å². The van der Waals surface area contributed by atoms with E-state index in [9.17, 15) is 13.6 Å². The summed E-state index contributed by atoms with van der Waals surface area (Å²) in [6.45, 7) is 3.08. The molecule has 0 aliphatic carbocycles. The molecule has 2 unspecified atom stereocenters. The largest absolute Gasteiger partial charge is 0.370 e. The predicted octanol–water partition coefficient (Wildman–Crippen LogP) is 3.74. The molecule has 0 radical (unpaired) electrons. The van der Waals surface area contributed by atoms with E-state index in [1.807, 2.05) is 6.92 Å². The van der Waals surface area contributed by atoms with Crippen LogP contribution in [0.4, 0.5) is 8.78 Å². The highest BCUT2D eigenvalue weighted by molar-refractivity contribution is 5.79. The van der Waals surface area contributed by atoms with Gasteiger partial charge in [-0.3, -0.25) is 4.79 Å². The lowest BCUT2D eigenvalue weighted by Crippen LogP contribution is -2.45. The van der Waals surface area contributed by atoms with Gasteiger partial charge in [0.1, 0.15) is 17.7 Å². The Morgan fingerprint density at radius 1 is 1.20 bits per heavy atom. The van der Waals surface area contributed by atoms with Crippen LogP contribution in [0.2, 0.25) is 0 Å². The van der Waals surface area contributed by atoms with Crippen LogP contribution in [0.25, 0.3) is 0 Å². The summed E-state index contributed by atoms with van der Waals surface area (Å²) >= 11 is 0. The van der Waals surface area contributed by atoms with Gasteiger partial charge in [-0.05, 0) is 30.2 Å². The molecule has 0 bridgehead atoms. The van der Waals surface area contributed by atoms with E-state index in [0.29, 0.717) is 31.7 Å². The van der Waals surface area contributed by atoms with Crippen LogP contribution in [-0.2, 0) is 16.0 Å². The fourth-order valence-electron chi connectivity index (χ4n) is 3.15. The second-order valence-corrected chi connectivity index (χ2v) is 6.40. The molecule has 132 valence electrons. The van der Waals surface area contributed by atoms with Crippen molar-refractivity contribution >= 4 is 5.91 Å². The maximum Gasteiger partial charge on any atom is 0.225 e. The summed E-state index contributed by atoms with van der Waals surface area (Å²) in [6, 6.07) is 12.7. The fourth-order valence-corrected chi connectivity index (χ4v) is 3.15. The summed E-state index contributed by atoms with van der Waals surface area (Å²) in [5.41, 5.74) is 1.40. The molecular weight excluding hydrogens is 324 g/mol. The van der Waals surface area contributed by atoms with E-state index in [-0.39, 0.29) is 23.5 Å². The summed E-state index contributed by atoms with van der Waals surface area (Å²) in [4.78, 5) is 14.5. The number of hydrogen-bond acceptors (Lipinski definition) is 2. The molecule has 1 aliphatic heterocycles. The zero-order chi connectivity index (χ0) is 17.8. The van der Waals surface area contributed by atoms with Gasteiger partial charge in [-0.25, -0.2) is 8.78 Å². The molecule has 2 atom stereocenters. The maximum atomic E-state index is 14.0. The Hall–Kier alpha value is -2.27. The smallest absolute Gasteiger partial charge is 0.225 e. The molecule has 2 aromatic carbocycles. The van der Waals surface area contributed by atoms with Crippen LogP contribution < -0.4 is 0 Å². The van der Waals surface area contributed by atoms with Gasteiger partial charge in [0.25, 0.3) is 0 Å². The normalized spacial score (nSPS) is 18.8. The monoisotopic (exact) mass is 345 g/mol. The number of nitrogens with zero attached hydrogens (tertiary/aromatic N) is 1. The Labute approximate surface area is 146 Å². The summed E-state index contributed by atoms with van der Waals surface area (Å²) in [6.07, 6.45) is 0.0952. The number of benzene rings is 2. The molecule has 1 fully saturated rings. The summed E-state index contributed by atoms with van der Waals surface area (Å²) in [5, 5.41) is 0. The van der Waals surface area contributed by atoms with Crippen LogP contribution in [-0.4, -0.2) is 30.5 Å². The van der Waals surface area contributed by atoms with Crippen LogP contribution in [0.15, 0.2) is 48.5 Å².